The number of aromatic nitrogens is 1. The van der Waals surface area contributed by atoms with Gasteiger partial charge in [-0.3, -0.25) is 9.59 Å². The van der Waals surface area contributed by atoms with E-state index in [1.54, 1.807) is 24.3 Å². The Bertz CT molecular complexity index is 1070. The predicted octanol–water partition coefficient (Wildman–Crippen LogP) is 2.55. The molecule has 2 amide bonds. The number of hydroxylamine groups is 2. The number of hydrogen-bond donors (Lipinski definition) is 1. The molecule has 2 heterocycles. The maximum absolute atomic E-state index is 12.5. The number of ether oxygens (including phenoxy) is 2. The third-order valence-corrected chi connectivity index (χ3v) is 4.28. The number of H-pyrrole nitrogens is 1. The fourth-order valence-electron chi connectivity index (χ4n) is 2.96. The van der Waals surface area contributed by atoms with Crippen LogP contribution in [0.25, 0.3) is 10.9 Å². The van der Waals surface area contributed by atoms with Gasteiger partial charge in [0.15, 0.2) is 0 Å². The molecule has 1 N–H and O–H groups in total. The molecule has 0 fully saturated rings. The van der Waals surface area contributed by atoms with E-state index in [-0.39, 0.29) is 16.8 Å². The molecule has 1 aliphatic heterocycles. The second-order valence-corrected chi connectivity index (χ2v) is 5.80. The number of carbonyl (C=O) groups excluding carboxylic acids is 3. The molecule has 0 spiro atoms. The average molecular weight is 366 g/mol. The molecule has 1 aromatic heterocycles. The van der Waals surface area contributed by atoms with Crippen LogP contribution in [0.1, 0.15) is 31.2 Å². The molecule has 8 nitrogen and oxygen atoms in total. The van der Waals surface area contributed by atoms with Gasteiger partial charge in [0, 0.05) is 17.5 Å². The van der Waals surface area contributed by atoms with E-state index in [0.29, 0.717) is 27.5 Å². The zero-order chi connectivity index (χ0) is 19.1. The second-order valence-electron chi connectivity index (χ2n) is 5.80. The molecule has 3 aromatic rings. The number of aromatic amines is 1. The van der Waals surface area contributed by atoms with Crippen LogP contribution < -0.4 is 9.47 Å². The molecule has 2 aromatic carbocycles. The monoisotopic (exact) mass is 366 g/mol. The summed E-state index contributed by atoms with van der Waals surface area (Å²) in [5.41, 5.74) is 1.03. The van der Waals surface area contributed by atoms with Gasteiger partial charge in [0.25, 0.3) is 11.8 Å². The minimum atomic E-state index is -0.873. The Morgan fingerprint density at radius 2 is 1.63 bits per heavy atom. The van der Waals surface area contributed by atoms with Gasteiger partial charge in [-0.2, -0.15) is 0 Å². The largest absolute Gasteiger partial charge is 0.497 e. The quantitative estimate of drug-likeness (QED) is 0.713. The summed E-state index contributed by atoms with van der Waals surface area (Å²) in [4.78, 5) is 45.1. The molecule has 136 valence electrons. The maximum Gasteiger partial charge on any atom is 0.380 e. The van der Waals surface area contributed by atoms with E-state index in [9.17, 15) is 14.4 Å². The van der Waals surface area contributed by atoms with Crippen LogP contribution in [0.3, 0.4) is 0 Å². The van der Waals surface area contributed by atoms with E-state index >= 15 is 0 Å². The Labute approximate surface area is 153 Å². The number of nitrogens with one attached hydrogen (secondary N) is 1. The Morgan fingerprint density at radius 3 is 2.22 bits per heavy atom. The number of nitrogens with zero attached hydrogens (tertiary/aromatic N) is 1. The molecule has 0 radical (unpaired) electrons. The van der Waals surface area contributed by atoms with E-state index in [2.05, 4.69) is 4.98 Å². The molecule has 27 heavy (non-hydrogen) atoms. The van der Waals surface area contributed by atoms with E-state index in [1.165, 1.54) is 32.4 Å². The minimum Gasteiger partial charge on any atom is -0.497 e. The number of benzene rings is 2. The lowest BCUT2D eigenvalue weighted by Crippen LogP contribution is -2.32. The topological polar surface area (TPSA) is 97.9 Å². The van der Waals surface area contributed by atoms with Crippen LogP contribution in [0.5, 0.6) is 11.5 Å². The predicted molar refractivity (Wildman–Crippen MR) is 93.8 cm³/mol. The Hall–Kier alpha value is -3.81. The summed E-state index contributed by atoms with van der Waals surface area (Å²) in [6.45, 7) is 0. The highest BCUT2D eigenvalue weighted by atomic mass is 16.7. The first-order chi connectivity index (χ1) is 13.0. The molecular formula is C19H14N2O6. The molecule has 0 aliphatic carbocycles. The van der Waals surface area contributed by atoms with E-state index in [1.807, 2.05) is 0 Å². The van der Waals surface area contributed by atoms with Crippen molar-refractivity contribution in [2.75, 3.05) is 14.2 Å². The number of hydrogen-bond acceptors (Lipinski definition) is 6. The van der Waals surface area contributed by atoms with Crippen LogP contribution in [0.15, 0.2) is 42.5 Å². The van der Waals surface area contributed by atoms with Crippen LogP contribution in [0.2, 0.25) is 0 Å². The first-order valence-corrected chi connectivity index (χ1v) is 7.98. The summed E-state index contributed by atoms with van der Waals surface area (Å²) in [5.74, 6) is -1.19. The number of rotatable bonds is 4. The van der Waals surface area contributed by atoms with Gasteiger partial charge >= 0.3 is 5.97 Å². The molecule has 0 saturated heterocycles. The smallest absolute Gasteiger partial charge is 0.380 e. The fourth-order valence-corrected chi connectivity index (χ4v) is 2.96. The first-order valence-electron chi connectivity index (χ1n) is 7.98. The first kappa shape index (κ1) is 16.6. The lowest BCUT2D eigenvalue weighted by Gasteiger charge is -2.11. The summed E-state index contributed by atoms with van der Waals surface area (Å²) in [6, 6.07) is 11.2. The Kier molecular flexibility index (Phi) is 3.80. The van der Waals surface area contributed by atoms with Crippen molar-refractivity contribution >= 4 is 28.7 Å². The minimum absolute atomic E-state index is 0.0631. The van der Waals surface area contributed by atoms with Crippen molar-refractivity contribution in [2.24, 2.45) is 0 Å². The third-order valence-electron chi connectivity index (χ3n) is 4.28. The lowest BCUT2D eigenvalue weighted by molar-refractivity contribution is -0.0587. The summed E-state index contributed by atoms with van der Waals surface area (Å²) in [5, 5.41) is 1.10. The van der Waals surface area contributed by atoms with Crippen LogP contribution in [0.4, 0.5) is 0 Å². The zero-order valence-electron chi connectivity index (χ0n) is 14.4. The van der Waals surface area contributed by atoms with Gasteiger partial charge in [-0.25, -0.2) is 4.79 Å². The van der Waals surface area contributed by atoms with Crippen LogP contribution >= 0.6 is 0 Å². The number of fused-ring (bicyclic) bond motifs is 2. The average Bonchev–Trinajstić information content (AvgIpc) is 3.23. The van der Waals surface area contributed by atoms with E-state index in [0.717, 1.165) is 0 Å². The standard InChI is InChI=1S/C19H14N2O6/c1-25-10-7-14-13(16(8-10)26-2)9-15(20-14)19(24)27-21-17(22)11-5-3-4-6-12(11)18(21)23/h3-9,20H,1-2H3. The van der Waals surface area contributed by atoms with Gasteiger partial charge < -0.3 is 19.3 Å². The van der Waals surface area contributed by atoms with Crippen LogP contribution in [-0.4, -0.2) is 42.1 Å². The van der Waals surface area contributed by atoms with Crippen molar-refractivity contribution in [3.05, 3.63) is 59.3 Å². The van der Waals surface area contributed by atoms with Gasteiger partial charge in [0.2, 0.25) is 0 Å². The molecular weight excluding hydrogens is 352 g/mol. The molecule has 8 heteroatoms. The van der Waals surface area contributed by atoms with Gasteiger partial charge in [0.1, 0.15) is 17.2 Å². The van der Waals surface area contributed by atoms with Crippen molar-refractivity contribution < 1.29 is 28.7 Å². The van der Waals surface area contributed by atoms with Crippen molar-refractivity contribution in [3.63, 3.8) is 0 Å². The summed E-state index contributed by atoms with van der Waals surface area (Å²) in [7, 11) is 3.01. The highest BCUT2D eigenvalue weighted by molar-refractivity contribution is 6.21. The van der Waals surface area contributed by atoms with E-state index < -0.39 is 17.8 Å². The number of amides is 2. The van der Waals surface area contributed by atoms with Crippen LogP contribution in [0, 0.1) is 0 Å². The summed E-state index contributed by atoms with van der Waals surface area (Å²) >= 11 is 0. The van der Waals surface area contributed by atoms with Gasteiger partial charge in [0.05, 0.1) is 30.9 Å². The molecule has 0 saturated carbocycles. The zero-order valence-corrected chi connectivity index (χ0v) is 14.4. The summed E-state index contributed by atoms with van der Waals surface area (Å²) in [6.07, 6.45) is 0. The third kappa shape index (κ3) is 2.58. The fraction of sp³-hybridized carbons (Fsp3) is 0.105. The number of imide groups is 1. The molecule has 0 atom stereocenters. The number of carbonyl (C=O) groups is 3. The highest BCUT2D eigenvalue weighted by Crippen LogP contribution is 2.32. The van der Waals surface area contributed by atoms with Crippen molar-refractivity contribution in [3.8, 4) is 11.5 Å². The van der Waals surface area contributed by atoms with Crippen molar-refractivity contribution in [1.29, 1.82) is 0 Å². The van der Waals surface area contributed by atoms with Crippen molar-refractivity contribution in [1.82, 2.24) is 10.0 Å². The lowest BCUT2D eigenvalue weighted by atomic mass is 10.1. The molecule has 0 bridgehead atoms. The maximum atomic E-state index is 12.5. The van der Waals surface area contributed by atoms with Crippen LogP contribution in [-0.2, 0) is 4.84 Å². The number of methoxy groups -OCH3 is 2. The van der Waals surface area contributed by atoms with E-state index in [4.69, 9.17) is 14.3 Å². The second kappa shape index (κ2) is 6.17. The molecule has 4 rings (SSSR count). The van der Waals surface area contributed by atoms with Gasteiger partial charge in [-0.1, -0.05) is 17.2 Å². The summed E-state index contributed by atoms with van der Waals surface area (Å²) < 4.78 is 10.5. The Morgan fingerprint density at radius 1 is 0.963 bits per heavy atom. The highest BCUT2D eigenvalue weighted by Gasteiger charge is 2.39. The van der Waals surface area contributed by atoms with Crippen molar-refractivity contribution in [2.45, 2.75) is 0 Å². The normalized spacial score (nSPS) is 13.0. The van der Waals surface area contributed by atoms with Gasteiger partial charge in [-0.05, 0) is 18.2 Å². The SMILES string of the molecule is COc1cc(OC)c2cc(C(=O)ON3C(=O)c4ccccc4C3=O)[nH]c2c1. The Balaban J connectivity index is 1.64. The van der Waals surface area contributed by atoms with Gasteiger partial charge in [-0.15, -0.1) is 0 Å². The molecule has 0 unspecified atom stereocenters. The molecule has 1 aliphatic rings.